The second kappa shape index (κ2) is 5.01. The van der Waals surface area contributed by atoms with Gasteiger partial charge in [-0.3, -0.25) is 9.97 Å². The monoisotopic (exact) mass is 218 g/mol. The number of hydrogen-bond donors (Lipinski definition) is 0. The van der Waals surface area contributed by atoms with Crippen LogP contribution in [0.3, 0.4) is 0 Å². The minimum Gasteiger partial charge on any atom is -0.480 e. The molecule has 0 saturated carbocycles. The van der Waals surface area contributed by atoms with Crippen LogP contribution in [0, 0.1) is 0 Å². The molecule has 0 aliphatic carbocycles. The molecule has 0 aromatic carbocycles. The maximum absolute atomic E-state index is 5.36. The molecule has 0 radical (unpaired) electrons. The molecular formula is C10H10N4O2. The van der Waals surface area contributed by atoms with Crippen molar-refractivity contribution in [2.24, 2.45) is 0 Å². The average molecular weight is 218 g/mol. The molecule has 2 rings (SSSR count). The highest BCUT2D eigenvalue weighted by Crippen LogP contribution is 2.09. The van der Waals surface area contributed by atoms with Crippen molar-refractivity contribution in [1.82, 2.24) is 19.9 Å². The molecule has 0 aliphatic heterocycles. The van der Waals surface area contributed by atoms with Gasteiger partial charge in [0.25, 0.3) is 0 Å². The molecule has 0 unspecified atom stereocenters. The Kier molecular flexibility index (Phi) is 3.22. The molecule has 0 saturated heterocycles. The molecule has 0 N–H and O–H groups in total. The number of hydrogen-bond acceptors (Lipinski definition) is 6. The van der Waals surface area contributed by atoms with E-state index in [1.165, 1.54) is 19.5 Å². The molecule has 16 heavy (non-hydrogen) atoms. The SMILES string of the molecule is COc1cnc(OCc2cnccn2)cn1. The van der Waals surface area contributed by atoms with E-state index in [1.807, 2.05) is 0 Å². The predicted octanol–water partition coefficient (Wildman–Crippen LogP) is 0.854. The number of nitrogens with zero attached hydrogens (tertiary/aromatic N) is 4. The summed E-state index contributed by atoms with van der Waals surface area (Å²) < 4.78 is 10.2. The van der Waals surface area contributed by atoms with Crippen LogP contribution in [0.2, 0.25) is 0 Å². The molecule has 0 aliphatic rings. The summed E-state index contributed by atoms with van der Waals surface area (Å²) in [4.78, 5) is 16.0. The Labute approximate surface area is 92.3 Å². The maximum Gasteiger partial charge on any atom is 0.232 e. The van der Waals surface area contributed by atoms with Crippen LogP contribution >= 0.6 is 0 Å². The lowest BCUT2D eigenvalue weighted by Gasteiger charge is -2.04. The molecular weight excluding hydrogens is 208 g/mol. The Balaban J connectivity index is 1.94. The van der Waals surface area contributed by atoms with Gasteiger partial charge < -0.3 is 9.47 Å². The van der Waals surface area contributed by atoms with E-state index >= 15 is 0 Å². The van der Waals surface area contributed by atoms with Crippen molar-refractivity contribution in [2.45, 2.75) is 6.61 Å². The summed E-state index contributed by atoms with van der Waals surface area (Å²) in [6, 6.07) is 0. The summed E-state index contributed by atoms with van der Waals surface area (Å²) >= 11 is 0. The summed E-state index contributed by atoms with van der Waals surface area (Å²) in [5.74, 6) is 0.873. The summed E-state index contributed by atoms with van der Waals surface area (Å²) in [6.07, 6.45) is 7.84. The Morgan fingerprint density at radius 1 is 1.00 bits per heavy atom. The molecule has 2 heterocycles. The predicted molar refractivity (Wildman–Crippen MR) is 54.9 cm³/mol. The Morgan fingerprint density at radius 3 is 2.44 bits per heavy atom. The zero-order valence-electron chi connectivity index (χ0n) is 8.70. The molecule has 0 fully saturated rings. The van der Waals surface area contributed by atoms with Crippen LogP contribution in [-0.4, -0.2) is 27.0 Å². The van der Waals surface area contributed by atoms with Crippen molar-refractivity contribution in [2.75, 3.05) is 7.11 Å². The highest BCUT2D eigenvalue weighted by atomic mass is 16.5. The van der Waals surface area contributed by atoms with Crippen molar-refractivity contribution in [3.05, 3.63) is 36.7 Å². The maximum atomic E-state index is 5.36. The van der Waals surface area contributed by atoms with Crippen molar-refractivity contribution >= 4 is 0 Å². The number of aromatic nitrogens is 4. The largest absolute Gasteiger partial charge is 0.480 e. The van der Waals surface area contributed by atoms with E-state index in [2.05, 4.69) is 19.9 Å². The quantitative estimate of drug-likeness (QED) is 0.757. The normalized spacial score (nSPS) is 9.81. The molecule has 0 atom stereocenters. The number of rotatable bonds is 4. The second-order valence-corrected chi connectivity index (χ2v) is 2.88. The molecule has 0 bridgehead atoms. The zero-order valence-corrected chi connectivity index (χ0v) is 8.70. The van der Waals surface area contributed by atoms with Crippen molar-refractivity contribution < 1.29 is 9.47 Å². The lowest BCUT2D eigenvalue weighted by molar-refractivity contribution is 0.285. The highest BCUT2D eigenvalue weighted by molar-refractivity contribution is 5.11. The minimum absolute atomic E-state index is 0.314. The fourth-order valence-corrected chi connectivity index (χ4v) is 1.04. The average Bonchev–Trinajstić information content (AvgIpc) is 2.38. The Hall–Kier alpha value is -2.24. The van der Waals surface area contributed by atoms with Crippen LogP contribution < -0.4 is 9.47 Å². The second-order valence-electron chi connectivity index (χ2n) is 2.88. The first-order valence-corrected chi connectivity index (χ1v) is 4.62. The van der Waals surface area contributed by atoms with Crippen molar-refractivity contribution in [1.29, 1.82) is 0 Å². The fourth-order valence-electron chi connectivity index (χ4n) is 1.04. The van der Waals surface area contributed by atoms with Gasteiger partial charge in [-0.15, -0.1) is 0 Å². The van der Waals surface area contributed by atoms with E-state index in [-0.39, 0.29) is 0 Å². The third kappa shape index (κ3) is 2.63. The van der Waals surface area contributed by atoms with Gasteiger partial charge in [0.15, 0.2) is 0 Å². The number of methoxy groups -OCH3 is 1. The van der Waals surface area contributed by atoms with Crippen LogP contribution in [0.4, 0.5) is 0 Å². The van der Waals surface area contributed by atoms with Gasteiger partial charge in [0, 0.05) is 12.4 Å². The number of ether oxygens (including phenoxy) is 2. The van der Waals surface area contributed by atoms with Crippen LogP contribution in [0.15, 0.2) is 31.0 Å². The minimum atomic E-state index is 0.314. The molecule has 6 nitrogen and oxygen atoms in total. The first kappa shape index (κ1) is 10.3. The van der Waals surface area contributed by atoms with E-state index in [0.29, 0.717) is 18.4 Å². The van der Waals surface area contributed by atoms with Gasteiger partial charge in [0.1, 0.15) is 6.61 Å². The van der Waals surface area contributed by atoms with E-state index < -0.39 is 0 Å². The lowest BCUT2D eigenvalue weighted by Crippen LogP contribution is -2.00. The molecule has 2 aromatic rings. The zero-order chi connectivity index (χ0) is 11.2. The van der Waals surface area contributed by atoms with E-state index in [9.17, 15) is 0 Å². The molecule has 6 heteroatoms. The van der Waals surface area contributed by atoms with Crippen LogP contribution in [0.5, 0.6) is 11.8 Å². The van der Waals surface area contributed by atoms with E-state index in [4.69, 9.17) is 9.47 Å². The first-order chi connectivity index (χ1) is 7.88. The van der Waals surface area contributed by atoms with Gasteiger partial charge in [-0.25, -0.2) is 9.97 Å². The standard InChI is InChI=1S/C10H10N4O2/c1-15-9-5-14-10(6-13-9)16-7-8-4-11-2-3-12-8/h2-6H,7H2,1H3. The summed E-state index contributed by atoms with van der Waals surface area (Å²) in [7, 11) is 1.53. The molecule has 0 spiro atoms. The van der Waals surface area contributed by atoms with E-state index in [1.54, 1.807) is 18.6 Å². The van der Waals surface area contributed by atoms with Gasteiger partial charge >= 0.3 is 0 Å². The van der Waals surface area contributed by atoms with Crippen LogP contribution in [0.1, 0.15) is 5.69 Å². The Morgan fingerprint density at radius 2 is 1.81 bits per heavy atom. The highest BCUT2D eigenvalue weighted by Gasteiger charge is 1.99. The van der Waals surface area contributed by atoms with Crippen LogP contribution in [-0.2, 0) is 6.61 Å². The Bertz CT molecular complexity index is 432. The summed E-state index contributed by atoms with van der Waals surface area (Å²) in [5.41, 5.74) is 0.736. The molecule has 2 aromatic heterocycles. The molecule has 0 amide bonds. The van der Waals surface area contributed by atoms with Crippen molar-refractivity contribution in [3.63, 3.8) is 0 Å². The third-order valence-electron chi connectivity index (χ3n) is 1.80. The molecule has 82 valence electrons. The van der Waals surface area contributed by atoms with Gasteiger partial charge in [-0.2, -0.15) is 0 Å². The smallest absolute Gasteiger partial charge is 0.232 e. The lowest BCUT2D eigenvalue weighted by atomic mass is 10.5. The summed E-state index contributed by atoms with van der Waals surface area (Å²) in [5, 5.41) is 0. The topological polar surface area (TPSA) is 70.0 Å². The first-order valence-electron chi connectivity index (χ1n) is 4.62. The van der Waals surface area contributed by atoms with Gasteiger partial charge in [-0.05, 0) is 0 Å². The fraction of sp³-hybridized carbons (Fsp3) is 0.200. The third-order valence-corrected chi connectivity index (χ3v) is 1.80. The van der Waals surface area contributed by atoms with Gasteiger partial charge in [-0.1, -0.05) is 0 Å². The summed E-state index contributed by atoms with van der Waals surface area (Å²) in [6.45, 7) is 0.314. The van der Waals surface area contributed by atoms with Gasteiger partial charge in [0.2, 0.25) is 11.8 Å². The van der Waals surface area contributed by atoms with Crippen LogP contribution in [0.25, 0.3) is 0 Å². The van der Waals surface area contributed by atoms with Gasteiger partial charge in [0.05, 0.1) is 31.4 Å². The van der Waals surface area contributed by atoms with Crippen molar-refractivity contribution in [3.8, 4) is 11.8 Å². The van der Waals surface area contributed by atoms with E-state index in [0.717, 1.165) is 5.69 Å².